The largest absolute Gasteiger partial charge is 0.369 e. The Morgan fingerprint density at radius 3 is 3.00 bits per heavy atom. The van der Waals surface area contributed by atoms with Gasteiger partial charge in [-0.3, -0.25) is 9.59 Å². The number of carbonyl (C=O) groups excluding carboxylic acids is 2. The van der Waals surface area contributed by atoms with Gasteiger partial charge in [0, 0.05) is 19.3 Å². The van der Waals surface area contributed by atoms with E-state index < -0.39 is 0 Å². The van der Waals surface area contributed by atoms with E-state index in [0.29, 0.717) is 18.8 Å². The van der Waals surface area contributed by atoms with Crippen molar-refractivity contribution in [2.24, 2.45) is 11.7 Å². The molecular weight excluding hydrogens is 268 g/mol. The van der Waals surface area contributed by atoms with Crippen molar-refractivity contribution in [3.8, 4) is 0 Å². The van der Waals surface area contributed by atoms with Crippen molar-refractivity contribution >= 4 is 23.4 Å². The van der Waals surface area contributed by atoms with Crippen LogP contribution in [-0.2, 0) is 16.0 Å². The molecule has 0 aliphatic carbocycles. The molecule has 2 amide bonds. The van der Waals surface area contributed by atoms with Crippen molar-refractivity contribution in [2.45, 2.75) is 19.3 Å². The Balaban J connectivity index is 1.98. The van der Waals surface area contributed by atoms with Gasteiger partial charge < -0.3 is 10.6 Å². The Hall–Kier alpha value is -1.69. The molecule has 2 rings (SSSR count). The Morgan fingerprint density at radius 1 is 1.53 bits per heavy atom. The zero-order valence-electron chi connectivity index (χ0n) is 10.4. The van der Waals surface area contributed by atoms with Crippen LogP contribution in [0.3, 0.4) is 0 Å². The molecule has 1 fully saturated rings. The van der Waals surface area contributed by atoms with Gasteiger partial charge in [0.15, 0.2) is 0 Å². The van der Waals surface area contributed by atoms with Crippen LogP contribution in [0.4, 0.5) is 0 Å². The minimum absolute atomic E-state index is 0.0688. The highest BCUT2D eigenvalue weighted by Gasteiger charge is 2.26. The molecule has 2 heterocycles. The second-order valence-corrected chi connectivity index (χ2v) is 4.91. The summed E-state index contributed by atoms with van der Waals surface area (Å²) in [7, 11) is 0. The Kier molecular flexibility index (Phi) is 4.31. The van der Waals surface area contributed by atoms with Crippen LogP contribution in [0.25, 0.3) is 0 Å². The summed E-state index contributed by atoms with van der Waals surface area (Å²) in [6.07, 6.45) is 3.22. The summed E-state index contributed by atoms with van der Waals surface area (Å²) >= 11 is 5.67. The fraction of sp³-hybridized carbons (Fsp3) is 0.500. The van der Waals surface area contributed by atoms with E-state index in [9.17, 15) is 9.59 Å². The average Bonchev–Trinajstić information content (AvgIpc) is 2.39. The monoisotopic (exact) mass is 282 g/mol. The number of primary amides is 1. The second kappa shape index (κ2) is 5.97. The first kappa shape index (κ1) is 13.7. The third-order valence-electron chi connectivity index (χ3n) is 3.19. The van der Waals surface area contributed by atoms with Crippen molar-refractivity contribution < 1.29 is 9.59 Å². The van der Waals surface area contributed by atoms with Crippen LogP contribution in [0.15, 0.2) is 12.3 Å². The van der Waals surface area contributed by atoms with Gasteiger partial charge in [0.1, 0.15) is 0 Å². The van der Waals surface area contributed by atoms with E-state index in [1.807, 2.05) is 0 Å². The predicted molar refractivity (Wildman–Crippen MR) is 69.2 cm³/mol. The van der Waals surface area contributed by atoms with E-state index in [1.54, 1.807) is 11.0 Å². The summed E-state index contributed by atoms with van der Waals surface area (Å²) in [6.45, 7) is 1.05. The highest BCUT2D eigenvalue weighted by molar-refractivity contribution is 6.28. The molecule has 1 saturated heterocycles. The average molecular weight is 283 g/mol. The van der Waals surface area contributed by atoms with Gasteiger partial charge in [0.05, 0.1) is 18.0 Å². The summed E-state index contributed by atoms with van der Waals surface area (Å²) in [5.41, 5.74) is 5.86. The second-order valence-electron chi connectivity index (χ2n) is 4.58. The van der Waals surface area contributed by atoms with E-state index in [4.69, 9.17) is 17.3 Å². The molecule has 1 atom stereocenters. The minimum atomic E-state index is -0.345. The first-order valence-electron chi connectivity index (χ1n) is 6.11. The van der Waals surface area contributed by atoms with Gasteiger partial charge in [-0.1, -0.05) is 0 Å². The molecule has 0 unspecified atom stereocenters. The number of nitrogens with two attached hydrogens (primary N) is 1. The fourth-order valence-corrected chi connectivity index (χ4v) is 2.34. The van der Waals surface area contributed by atoms with Gasteiger partial charge >= 0.3 is 0 Å². The van der Waals surface area contributed by atoms with E-state index in [2.05, 4.69) is 9.97 Å². The molecule has 0 saturated carbocycles. The Labute approximate surface area is 116 Å². The smallest absolute Gasteiger partial charge is 0.228 e. The van der Waals surface area contributed by atoms with Crippen LogP contribution >= 0.6 is 11.6 Å². The van der Waals surface area contributed by atoms with Gasteiger partial charge in [-0.2, -0.15) is 0 Å². The lowest BCUT2D eigenvalue weighted by atomic mass is 9.97. The Bertz CT molecular complexity index is 494. The number of amides is 2. The van der Waals surface area contributed by atoms with Crippen molar-refractivity contribution in [3.63, 3.8) is 0 Å². The lowest BCUT2D eigenvalue weighted by molar-refractivity contribution is -0.134. The molecule has 0 aromatic carbocycles. The number of nitrogens with zero attached hydrogens (tertiary/aromatic N) is 3. The molecule has 1 aromatic rings. The van der Waals surface area contributed by atoms with Crippen molar-refractivity contribution in [1.82, 2.24) is 14.9 Å². The summed E-state index contributed by atoms with van der Waals surface area (Å²) in [5, 5.41) is 0.124. The molecule has 6 nitrogen and oxygen atoms in total. The zero-order valence-corrected chi connectivity index (χ0v) is 11.1. The molecular formula is C12H15ClN4O2. The van der Waals surface area contributed by atoms with E-state index in [-0.39, 0.29) is 29.4 Å². The topological polar surface area (TPSA) is 89.2 Å². The third-order valence-corrected chi connectivity index (χ3v) is 3.37. The number of piperidine rings is 1. The van der Waals surface area contributed by atoms with Gasteiger partial charge in [0.25, 0.3) is 0 Å². The SMILES string of the molecule is NC(=O)[C@H]1CCCN(C(=O)Cc2ccnc(Cl)n2)C1. The molecule has 1 aliphatic rings. The van der Waals surface area contributed by atoms with Crippen LogP contribution < -0.4 is 5.73 Å². The minimum Gasteiger partial charge on any atom is -0.369 e. The first-order valence-corrected chi connectivity index (χ1v) is 6.48. The molecule has 1 aromatic heterocycles. The van der Waals surface area contributed by atoms with E-state index in [0.717, 1.165) is 12.8 Å². The fourth-order valence-electron chi connectivity index (χ4n) is 2.17. The molecule has 7 heteroatoms. The highest BCUT2D eigenvalue weighted by Crippen LogP contribution is 2.17. The number of rotatable bonds is 3. The molecule has 102 valence electrons. The molecule has 19 heavy (non-hydrogen) atoms. The van der Waals surface area contributed by atoms with Crippen LogP contribution in [-0.4, -0.2) is 39.8 Å². The van der Waals surface area contributed by atoms with E-state index >= 15 is 0 Å². The van der Waals surface area contributed by atoms with Crippen LogP contribution in [0.5, 0.6) is 0 Å². The van der Waals surface area contributed by atoms with Gasteiger partial charge in [-0.15, -0.1) is 0 Å². The molecule has 1 aliphatic heterocycles. The molecule has 0 radical (unpaired) electrons. The van der Waals surface area contributed by atoms with Crippen LogP contribution in [0, 0.1) is 5.92 Å². The number of halogens is 1. The van der Waals surface area contributed by atoms with Crippen LogP contribution in [0.2, 0.25) is 5.28 Å². The maximum Gasteiger partial charge on any atom is 0.228 e. The summed E-state index contributed by atoms with van der Waals surface area (Å²) in [5.74, 6) is -0.657. The van der Waals surface area contributed by atoms with Crippen LogP contribution in [0.1, 0.15) is 18.5 Å². The number of hydrogen-bond donors (Lipinski definition) is 1. The Morgan fingerprint density at radius 2 is 2.32 bits per heavy atom. The van der Waals surface area contributed by atoms with Gasteiger partial charge in [-0.25, -0.2) is 9.97 Å². The highest BCUT2D eigenvalue weighted by atomic mass is 35.5. The van der Waals surface area contributed by atoms with Gasteiger partial charge in [-0.05, 0) is 30.5 Å². The molecule has 2 N–H and O–H groups in total. The number of aromatic nitrogens is 2. The number of likely N-dealkylation sites (tertiary alicyclic amines) is 1. The maximum atomic E-state index is 12.1. The van der Waals surface area contributed by atoms with Gasteiger partial charge in [0.2, 0.25) is 17.1 Å². The van der Waals surface area contributed by atoms with Crippen molar-refractivity contribution in [1.29, 1.82) is 0 Å². The lowest BCUT2D eigenvalue weighted by Gasteiger charge is -2.31. The number of carbonyl (C=O) groups is 2. The molecule has 0 bridgehead atoms. The van der Waals surface area contributed by atoms with E-state index in [1.165, 1.54) is 6.20 Å². The lowest BCUT2D eigenvalue weighted by Crippen LogP contribution is -2.44. The summed E-state index contributed by atoms with van der Waals surface area (Å²) in [4.78, 5) is 32.7. The molecule has 0 spiro atoms. The predicted octanol–water partition coefficient (Wildman–Crippen LogP) is 0.396. The first-order chi connectivity index (χ1) is 9.06. The summed E-state index contributed by atoms with van der Waals surface area (Å²) < 4.78 is 0. The standard InChI is InChI=1S/C12H15ClN4O2/c13-12-15-4-3-9(16-12)6-10(18)17-5-1-2-8(7-17)11(14)19/h3-4,8H,1-2,5-7H2,(H2,14,19)/t8-/m0/s1. The maximum absolute atomic E-state index is 12.1. The van der Waals surface area contributed by atoms with Crippen molar-refractivity contribution in [2.75, 3.05) is 13.1 Å². The quantitative estimate of drug-likeness (QED) is 0.813. The third kappa shape index (κ3) is 3.64. The summed E-state index contributed by atoms with van der Waals surface area (Å²) in [6, 6.07) is 1.65. The van der Waals surface area contributed by atoms with Crippen molar-refractivity contribution in [3.05, 3.63) is 23.2 Å². The number of hydrogen-bond acceptors (Lipinski definition) is 4. The normalized spacial score (nSPS) is 19.2. The zero-order chi connectivity index (χ0) is 13.8.